The van der Waals surface area contributed by atoms with Crippen LogP contribution in [0, 0.1) is 0 Å². The number of urea groups is 1. The summed E-state index contributed by atoms with van der Waals surface area (Å²) in [6, 6.07) is 9.60. The van der Waals surface area contributed by atoms with Gasteiger partial charge in [0.05, 0.1) is 6.54 Å². The van der Waals surface area contributed by atoms with Crippen molar-refractivity contribution in [3.8, 4) is 11.5 Å². The van der Waals surface area contributed by atoms with Gasteiger partial charge in [0.1, 0.15) is 6.61 Å². The SMILES string of the molecule is O=C(NCC1COc2ccccc2O1)Nc1ccc(=O)[nH]n1. The van der Waals surface area contributed by atoms with E-state index in [0.717, 1.165) is 0 Å². The molecular formula is C14H14N4O4. The minimum atomic E-state index is -0.443. The zero-order valence-electron chi connectivity index (χ0n) is 11.5. The van der Waals surface area contributed by atoms with Crippen molar-refractivity contribution in [1.82, 2.24) is 15.5 Å². The van der Waals surface area contributed by atoms with Crippen molar-refractivity contribution in [3.63, 3.8) is 0 Å². The summed E-state index contributed by atoms with van der Waals surface area (Å²) in [4.78, 5) is 22.6. The summed E-state index contributed by atoms with van der Waals surface area (Å²) in [7, 11) is 0. The predicted octanol–water partition coefficient (Wildman–Crippen LogP) is 0.731. The van der Waals surface area contributed by atoms with Crippen LogP contribution in [0.25, 0.3) is 0 Å². The molecule has 1 unspecified atom stereocenters. The summed E-state index contributed by atoms with van der Waals surface area (Å²) in [5.41, 5.74) is -0.336. The third-order valence-corrected chi connectivity index (χ3v) is 2.98. The third-order valence-electron chi connectivity index (χ3n) is 2.98. The predicted molar refractivity (Wildman–Crippen MR) is 78.2 cm³/mol. The van der Waals surface area contributed by atoms with Crippen molar-refractivity contribution in [2.75, 3.05) is 18.5 Å². The Morgan fingerprint density at radius 3 is 2.86 bits per heavy atom. The van der Waals surface area contributed by atoms with Crippen molar-refractivity contribution in [2.45, 2.75) is 6.10 Å². The summed E-state index contributed by atoms with van der Waals surface area (Å²) in [5.74, 6) is 1.60. The molecule has 3 rings (SSSR count). The summed E-state index contributed by atoms with van der Waals surface area (Å²) in [5, 5.41) is 11.1. The van der Waals surface area contributed by atoms with Gasteiger partial charge in [-0.2, -0.15) is 5.10 Å². The molecule has 8 heteroatoms. The van der Waals surface area contributed by atoms with Gasteiger partial charge in [0, 0.05) is 6.07 Å². The zero-order valence-corrected chi connectivity index (χ0v) is 11.5. The molecule has 2 amide bonds. The fourth-order valence-corrected chi connectivity index (χ4v) is 1.94. The number of aromatic nitrogens is 2. The van der Waals surface area contributed by atoms with E-state index < -0.39 is 6.03 Å². The minimum Gasteiger partial charge on any atom is -0.486 e. The van der Waals surface area contributed by atoms with Crippen LogP contribution in [-0.2, 0) is 0 Å². The van der Waals surface area contributed by atoms with Crippen LogP contribution >= 0.6 is 0 Å². The molecule has 0 saturated carbocycles. The van der Waals surface area contributed by atoms with Crippen LogP contribution in [0.5, 0.6) is 11.5 Å². The summed E-state index contributed by atoms with van der Waals surface area (Å²) in [6.45, 7) is 0.637. The van der Waals surface area contributed by atoms with Gasteiger partial charge in [0.15, 0.2) is 23.4 Å². The van der Waals surface area contributed by atoms with E-state index in [-0.39, 0.29) is 24.0 Å². The van der Waals surface area contributed by atoms with Gasteiger partial charge in [-0.3, -0.25) is 10.1 Å². The van der Waals surface area contributed by atoms with E-state index in [1.807, 2.05) is 24.3 Å². The molecule has 1 aliphatic heterocycles. The molecule has 0 radical (unpaired) electrons. The molecule has 0 spiro atoms. The van der Waals surface area contributed by atoms with E-state index in [1.165, 1.54) is 12.1 Å². The van der Waals surface area contributed by atoms with Crippen LogP contribution in [0.3, 0.4) is 0 Å². The van der Waals surface area contributed by atoms with Gasteiger partial charge in [0.2, 0.25) is 0 Å². The first-order valence-corrected chi connectivity index (χ1v) is 6.70. The Bertz CT molecular complexity index is 710. The molecule has 3 N–H and O–H groups in total. The largest absolute Gasteiger partial charge is 0.486 e. The number of H-pyrrole nitrogens is 1. The maximum Gasteiger partial charge on any atom is 0.320 e. The van der Waals surface area contributed by atoms with Gasteiger partial charge in [-0.05, 0) is 18.2 Å². The minimum absolute atomic E-state index is 0.253. The number of para-hydroxylation sites is 2. The monoisotopic (exact) mass is 302 g/mol. The average molecular weight is 302 g/mol. The number of hydrogen-bond donors (Lipinski definition) is 3. The molecule has 1 atom stereocenters. The van der Waals surface area contributed by atoms with Crippen LogP contribution in [0.1, 0.15) is 0 Å². The number of carbonyl (C=O) groups excluding carboxylic acids is 1. The number of aromatic amines is 1. The Labute approximate surface area is 125 Å². The number of carbonyl (C=O) groups is 1. The topological polar surface area (TPSA) is 105 Å². The van der Waals surface area contributed by atoms with Crippen LogP contribution in [0.2, 0.25) is 0 Å². The normalized spacial score (nSPS) is 15.9. The standard InChI is InChI=1S/C14H14N4O4/c19-13-6-5-12(17-18-13)16-14(20)15-7-9-8-21-10-3-1-2-4-11(10)22-9/h1-6,9H,7-8H2,(H,18,19)(H2,15,16,17,20). The number of amides is 2. The lowest BCUT2D eigenvalue weighted by Gasteiger charge is -2.26. The lowest BCUT2D eigenvalue weighted by Crippen LogP contribution is -2.42. The number of hydrogen-bond acceptors (Lipinski definition) is 5. The first-order valence-electron chi connectivity index (χ1n) is 6.70. The van der Waals surface area contributed by atoms with Gasteiger partial charge in [0.25, 0.3) is 5.56 Å². The molecule has 114 valence electrons. The van der Waals surface area contributed by atoms with Gasteiger partial charge in [-0.1, -0.05) is 12.1 Å². The quantitative estimate of drug-likeness (QED) is 0.775. The van der Waals surface area contributed by atoms with Gasteiger partial charge >= 0.3 is 6.03 Å². The molecular weight excluding hydrogens is 288 g/mol. The van der Waals surface area contributed by atoms with Gasteiger partial charge < -0.3 is 14.8 Å². The lowest BCUT2D eigenvalue weighted by atomic mass is 10.2. The Morgan fingerprint density at radius 2 is 2.09 bits per heavy atom. The average Bonchev–Trinajstić information content (AvgIpc) is 2.55. The maximum absolute atomic E-state index is 11.7. The highest BCUT2D eigenvalue weighted by atomic mass is 16.6. The number of ether oxygens (including phenoxy) is 2. The molecule has 1 aromatic heterocycles. The van der Waals surface area contributed by atoms with Gasteiger partial charge in [-0.15, -0.1) is 0 Å². The molecule has 0 saturated heterocycles. The lowest BCUT2D eigenvalue weighted by molar-refractivity contribution is 0.0922. The molecule has 0 fully saturated rings. The van der Waals surface area contributed by atoms with Crippen molar-refractivity contribution in [1.29, 1.82) is 0 Å². The van der Waals surface area contributed by atoms with E-state index in [9.17, 15) is 9.59 Å². The highest BCUT2D eigenvalue weighted by molar-refractivity contribution is 5.88. The van der Waals surface area contributed by atoms with Crippen molar-refractivity contribution in [3.05, 3.63) is 46.8 Å². The van der Waals surface area contributed by atoms with Crippen LogP contribution < -0.4 is 25.7 Å². The number of rotatable bonds is 3. The fraction of sp³-hybridized carbons (Fsp3) is 0.214. The van der Waals surface area contributed by atoms with E-state index >= 15 is 0 Å². The first-order chi connectivity index (χ1) is 10.7. The van der Waals surface area contributed by atoms with E-state index in [1.54, 1.807) is 0 Å². The molecule has 2 heterocycles. The molecule has 2 aromatic rings. The van der Waals surface area contributed by atoms with Crippen molar-refractivity contribution in [2.24, 2.45) is 0 Å². The Hall–Kier alpha value is -3.03. The molecule has 22 heavy (non-hydrogen) atoms. The molecule has 0 aliphatic carbocycles. The molecule has 1 aliphatic rings. The summed E-state index contributed by atoms with van der Waals surface area (Å²) >= 11 is 0. The number of benzene rings is 1. The second kappa shape index (κ2) is 6.17. The molecule has 0 bridgehead atoms. The number of fused-ring (bicyclic) bond motifs is 1. The van der Waals surface area contributed by atoms with E-state index in [2.05, 4.69) is 20.8 Å². The smallest absolute Gasteiger partial charge is 0.320 e. The zero-order chi connectivity index (χ0) is 15.4. The second-order valence-corrected chi connectivity index (χ2v) is 4.64. The number of nitrogens with one attached hydrogen (secondary N) is 3. The van der Waals surface area contributed by atoms with E-state index in [4.69, 9.17) is 9.47 Å². The van der Waals surface area contributed by atoms with Gasteiger partial charge in [-0.25, -0.2) is 9.89 Å². The van der Waals surface area contributed by atoms with E-state index in [0.29, 0.717) is 18.1 Å². The second-order valence-electron chi connectivity index (χ2n) is 4.64. The summed E-state index contributed by atoms with van der Waals surface area (Å²) < 4.78 is 11.3. The maximum atomic E-state index is 11.7. The Morgan fingerprint density at radius 1 is 1.27 bits per heavy atom. The van der Waals surface area contributed by atoms with Crippen molar-refractivity contribution < 1.29 is 14.3 Å². The molecule has 8 nitrogen and oxygen atoms in total. The summed E-state index contributed by atoms with van der Waals surface area (Å²) in [6.07, 6.45) is -0.274. The molecule has 1 aromatic carbocycles. The number of nitrogens with zero attached hydrogens (tertiary/aromatic N) is 1. The fourth-order valence-electron chi connectivity index (χ4n) is 1.94. The Balaban J connectivity index is 1.50. The van der Waals surface area contributed by atoms with Crippen LogP contribution in [0.15, 0.2) is 41.2 Å². The highest BCUT2D eigenvalue weighted by Gasteiger charge is 2.20. The Kier molecular flexibility index (Phi) is 3.90. The van der Waals surface area contributed by atoms with Crippen LogP contribution in [-0.4, -0.2) is 35.5 Å². The van der Waals surface area contributed by atoms with Crippen molar-refractivity contribution >= 4 is 11.8 Å². The third kappa shape index (κ3) is 3.35. The van der Waals surface area contributed by atoms with Crippen LogP contribution in [0.4, 0.5) is 10.6 Å². The number of anilines is 1. The first kappa shape index (κ1) is 13.9. The highest BCUT2D eigenvalue weighted by Crippen LogP contribution is 2.30.